The Morgan fingerprint density at radius 2 is 2.09 bits per heavy atom. The molecule has 0 aromatic heterocycles. The van der Waals surface area contributed by atoms with Gasteiger partial charge in [-0.15, -0.1) is 0 Å². The summed E-state index contributed by atoms with van der Waals surface area (Å²) in [5, 5.41) is 20.0. The average Bonchev–Trinajstić information content (AvgIpc) is 2.50. The molecular formula is C14H18N2O7. The maximum atomic E-state index is 12.4. The average molecular weight is 326 g/mol. The van der Waals surface area contributed by atoms with E-state index in [4.69, 9.17) is 14.6 Å². The molecule has 0 unspecified atom stereocenters. The lowest BCUT2D eigenvalue weighted by molar-refractivity contribution is -0.385. The number of carbonyl (C=O) groups is 2. The molecule has 1 aromatic carbocycles. The molecule has 0 aliphatic heterocycles. The highest BCUT2D eigenvalue weighted by Crippen LogP contribution is 2.28. The Morgan fingerprint density at radius 3 is 2.61 bits per heavy atom. The topological polar surface area (TPSA) is 119 Å². The van der Waals surface area contributed by atoms with E-state index in [9.17, 15) is 19.7 Å². The first-order valence-corrected chi connectivity index (χ1v) is 6.82. The summed E-state index contributed by atoms with van der Waals surface area (Å²) in [6.45, 7) is 1.61. The van der Waals surface area contributed by atoms with Gasteiger partial charge in [0, 0.05) is 25.3 Å². The quantitative estimate of drug-likeness (QED) is 0.534. The van der Waals surface area contributed by atoms with E-state index in [1.54, 1.807) is 6.92 Å². The highest BCUT2D eigenvalue weighted by molar-refractivity contribution is 5.96. The summed E-state index contributed by atoms with van der Waals surface area (Å²) in [5.41, 5.74) is -0.336. The number of carboxylic acid groups (broad SMARTS) is 1. The van der Waals surface area contributed by atoms with E-state index in [1.165, 1.54) is 19.2 Å². The molecule has 9 heteroatoms. The molecule has 0 saturated carbocycles. The van der Waals surface area contributed by atoms with E-state index in [-0.39, 0.29) is 36.8 Å². The first kappa shape index (κ1) is 18.4. The normalized spacial score (nSPS) is 10.2. The van der Waals surface area contributed by atoms with Crippen LogP contribution in [0.3, 0.4) is 0 Å². The summed E-state index contributed by atoms with van der Waals surface area (Å²) in [7, 11) is 1.42. The molecule has 0 aliphatic carbocycles. The lowest BCUT2D eigenvalue weighted by Crippen LogP contribution is -2.38. The maximum absolute atomic E-state index is 12.4. The van der Waals surface area contributed by atoms with Crippen LogP contribution in [0.4, 0.5) is 5.69 Å². The Labute approximate surface area is 132 Å². The Balaban J connectivity index is 3.10. The highest BCUT2D eigenvalue weighted by atomic mass is 16.6. The maximum Gasteiger partial charge on any atom is 0.323 e. The largest absolute Gasteiger partial charge is 0.487 e. The van der Waals surface area contributed by atoms with Gasteiger partial charge in [-0.3, -0.25) is 19.7 Å². The molecule has 23 heavy (non-hydrogen) atoms. The van der Waals surface area contributed by atoms with Gasteiger partial charge in [0.1, 0.15) is 6.54 Å². The minimum absolute atomic E-state index is 0.0116. The highest BCUT2D eigenvalue weighted by Gasteiger charge is 2.23. The van der Waals surface area contributed by atoms with E-state index in [2.05, 4.69) is 0 Å². The molecule has 0 bridgehead atoms. The molecule has 0 heterocycles. The van der Waals surface area contributed by atoms with Crippen molar-refractivity contribution in [1.29, 1.82) is 0 Å². The summed E-state index contributed by atoms with van der Waals surface area (Å²) >= 11 is 0. The number of nitro benzene ring substituents is 1. The SMILES string of the molecule is CCOc1ccc(C(=O)N(CCOC)CC(=O)O)cc1[N+](=O)[O-]. The molecule has 1 aromatic rings. The number of carboxylic acids is 1. The van der Waals surface area contributed by atoms with Crippen LogP contribution in [0.1, 0.15) is 17.3 Å². The summed E-state index contributed by atoms with van der Waals surface area (Å²) in [6.07, 6.45) is 0. The van der Waals surface area contributed by atoms with Crippen LogP contribution in [0.15, 0.2) is 18.2 Å². The second kappa shape index (κ2) is 8.69. The summed E-state index contributed by atoms with van der Waals surface area (Å²) in [6, 6.07) is 3.76. The van der Waals surface area contributed by atoms with E-state index in [0.717, 1.165) is 11.0 Å². The standard InChI is InChI=1S/C14H18N2O7/c1-3-23-12-5-4-10(8-11(12)16(20)21)14(19)15(6-7-22-2)9-13(17)18/h4-5,8H,3,6-7,9H2,1-2H3,(H,17,18). The number of carbonyl (C=O) groups excluding carboxylic acids is 1. The van der Waals surface area contributed by atoms with Crippen molar-refractivity contribution in [3.8, 4) is 5.75 Å². The third kappa shape index (κ3) is 5.22. The zero-order valence-electron chi connectivity index (χ0n) is 12.9. The fraction of sp³-hybridized carbons (Fsp3) is 0.429. The molecule has 0 spiro atoms. The van der Waals surface area contributed by atoms with Gasteiger partial charge in [0.05, 0.1) is 18.1 Å². The Morgan fingerprint density at radius 1 is 1.39 bits per heavy atom. The van der Waals surface area contributed by atoms with Gasteiger partial charge in [0.2, 0.25) is 0 Å². The zero-order valence-corrected chi connectivity index (χ0v) is 12.9. The number of hydrogen-bond acceptors (Lipinski definition) is 6. The summed E-state index contributed by atoms with van der Waals surface area (Å²) in [4.78, 5) is 34.7. The predicted molar refractivity (Wildman–Crippen MR) is 79.7 cm³/mol. The number of benzene rings is 1. The number of amides is 1. The van der Waals surface area contributed by atoms with Gasteiger partial charge < -0.3 is 19.5 Å². The van der Waals surface area contributed by atoms with Crippen LogP contribution in [0.2, 0.25) is 0 Å². The van der Waals surface area contributed by atoms with Gasteiger partial charge in [-0.1, -0.05) is 0 Å². The number of methoxy groups -OCH3 is 1. The van der Waals surface area contributed by atoms with Crippen LogP contribution in [0.25, 0.3) is 0 Å². The third-order valence-corrected chi connectivity index (χ3v) is 2.88. The summed E-state index contributed by atoms with van der Waals surface area (Å²) in [5.74, 6) is -1.76. The van der Waals surface area contributed by atoms with Crippen molar-refractivity contribution < 1.29 is 29.1 Å². The molecule has 0 atom stereocenters. The molecule has 0 aliphatic rings. The Kier molecular flexibility index (Phi) is 6.94. The van der Waals surface area contributed by atoms with Gasteiger partial charge in [0.15, 0.2) is 5.75 Å². The number of nitrogens with zero attached hydrogens (tertiary/aromatic N) is 2. The second-order valence-electron chi connectivity index (χ2n) is 4.49. The molecule has 1 N–H and O–H groups in total. The van der Waals surface area contributed by atoms with Crippen LogP contribution < -0.4 is 4.74 Å². The molecule has 0 radical (unpaired) electrons. The van der Waals surface area contributed by atoms with Gasteiger partial charge in [-0.25, -0.2) is 0 Å². The van der Waals surface area contributed by atoms with Crippen molar-refractivity contribution in [2.75, 3.05) is 33.4 Å². The molecule has 1 amide bonds. The molecule has 9 nitrogen and oxygen atoms in total. The molecule has 126 valence electrons. The smallest absolute Gasteiger partial charge is 0.323 e. The first-order valence-electron chi connectivity index (χ1n) is 6.82. The third-order valence-electron chi connectivity index (χ3n) is 2.88. The van der Waals surface area contributed by atoms with Crippen LogP contribution >= 0.6 is 0 Å². The fourth-order valence-corrected chi connectivity index (χ4v) is 1.87. The van der Waals surface area contributed by atoms with Crippen molar-refractivity contribution in [3.63, 3.8) is 0 Å². The number of ether oxygens (including phenoxy) is 2. The Bertz CT molecular complexity index is 588. The van der Waals surface area contributed by atoms with Crippen molar-refractivity contribution in [2.45, 2.75) is 6.92 Å². The number of hydrogen-bond donors (Lipinski definition) is 1. The lowest BCUT2D eigenvalue weighted by Gasteiger charge is -2.20. The second-order valence-corrected chi connectivity index (χ2v) is 4.49. The van der Waals surface area contributed by atoms with Crippen molar-refractivity contribution >= 4 is 17.6 Å². The van der Waals surface area contributed by atoms with Crippen LogP contribution in [-0.2, 0) is 9.53 Å². The van der Waals surface area contributed by atoms with Crippen LogP contribution in [0, 0.1) is 10.1 Å². The fourth-order valence-electron chi connectivity index (χ4n) is 1.87. The number of rotatable bonds is 9. The van der Waals surface area contributed by atoms with Crippen LogP contribution in [0.5, 0.6) is 5.75 Å². The summed E-state index contributed by atoms with van der Waals surface area (Å²) < 4.78 is 9.98. The first-order chi connectivity index (χ1) is 10.9. The number of nitro groups is 1. The van der Waals surface area contributed by atoms with Crippen molar-refractivity contribution in [1.82, 2.24) is 4.90 Å². The van der Waals surface area contributed by atoms with Gasteiger partial charge in [-0.2, -0.15) is 0 Å². The molecule has 0 saturated heterocycles. The van der Waals surface area contributed by atoms with E-state index in [1.807, 2.05) is 0 Å². The lowest BCUT2D eigenvalue weighted by atomic mass is 10.1. The minimum atomic E-state index is -1.19. The van der Waals surface area contributed by atoms with Crippen LogP contribution in [-0.4, -0.2) is 60.2 Å². The van der Waals surface area contributed by atoms with Crippen molar-refractivity contribution in [2.24, 2.45) is 0 Å². The van der Waals surface area contributed by atoms with Gasteiger partial charge in [-0.05, 0) is 19.1 Å². The van der Waals surface area contributed by atoms with E-state index in [0.29, 0.717) is 0 Å². The van der Waals surface area contributed by atoms with E-state index < -0.39 is 23.3 Å². The molecular weight excluding hydrogens is 308 g/mol. The monoisotopic (exact) mass is 326 g/mol. The van der Waals surface area contributed by atoms with Crippen molar-refractivity contribution in [3.05, 3.63) is 33.9 Å². The molecule has 1 rings (SSSR count). The number of aliphatic carboxylic acids is 1. The van der Waals surface area contributed by atoms with Gasteiger partial charge in [0.25, 0.3) is 5.91 Å². The Hall–Kier alpha value is -2.68. The zero-order chi connectivity index (χ0) is 17.4. The van der Waals surface area contributed by atoms with Gasteiger partial charge >= 0.3 is 11.7 Å². The van der Waals surface area contributed by atoms with E-state index >= 15 is 0 Å². The minimum Gasteiger partial charge on any atom is -0.487 e. The molecule has 0 fully saturated rings. The predicted octanol–water partition coefficient (Wildman–Crippen LogP) is 1.17.